The Morgan fingerprint density at radius 1 is 1.44 bits per heavy atom. The van der Waals surface area contributed by atoms with Crippen LogP contribution in [0.15, 0.2) is 23.6 Å². The van der Waals surface area contributed by atoms with E-state index in [1.807, 2.05) is 18.3 Å². The number of nitrogens with zero attached hydrogens (tertiary/aromatic N) is 2. The Labute approximate surface area is 116 Å². The van der Waals surface area contributed by atoms with Crippen molar-refractivity contribution < 1.29 is 0 Å². The van der Waals surface area contributed by atoms with Gasteiger partial charge in [-0.1, -0.05) is 0 Å². The van der Waals surface area contributed by atoms with E-state index in [0.29, 0.717) is 5.88 Å². The van der Waals surface area contributed by atoms with E-state index in [0.717, 1.165) is 36.6 Å². The SMILES string of the molecule is Cc1cc(CCl)cc(N2CCc3sccc3C2)n1. The first-order valence-electron chi connectivity index (χ1n) is 6.10. The third kappa shape index (κ3) is 2.25. The number of halogens is 1. The summed E-state index contributed by atoms with van der Waals surface area (Å²) in [6.45, 7) is 4.04. The number of hydrogen-bond donors (Lipinski definition) is 0. The van der Waals surface area contributed by atoms with E-state index in [4.69, 9.17) is 11.6 Å². The molecule has 0 spiro atoms. The zero-order valence-corrected chi connectivity index (χ0v) is 11.9. The molecule has 0 saturated heterocycles. The monoisotopic (exact) mass is 278 g/mol. The minimum atomic E-state index is 0.550. The minimum Gasteiger partial charge on any atom is -0.352 e. The molecule has 0 saturated carbocycles. The predicted octanol–water partition coefficient (Wildman–Crippen LogP) is 3.75. The smallest absolute Gasteiger partial charge is 0.129 e. The highest BCUT2D eigenvalue weighted by molar-refractivity contribution is 7.10. The molecule has 94 valence electrons. The van der Waals surface area contributed by atoms with E-state index in [9.17, 15) is 0 Å². The van der Waals surface area contributed by atoms with Crippen LogP contribution in [-0.4, -0.2) is 11.5 Å². The largest absolute Gasteiger partial charge is 0.352 e. The second-order valence-corrected chi connectivity index (χ2v) is 5.92. The minimum absolute atomic E-state index is 0.550. The third-order valence-corrected chi connectivity index (χ3v) is 4.62. The van der Waals surface area contributed by atoms with Gasteiger partial charge in [0.05, 0.1) is 0 Å². The van der Waals surface area contributed by atoms with Crippen LogP contribution in [0.2, 0.25) is 0 Å². The van der Waals surface area contributed by atoms with Gasteiger partial charge in [0.1, 0.15) is 5.82 Å². The quantitative estimate of drug-likeness (QED) is 0.778. The van der Waals surface area contributed by atoms with Crippen LogP contribution in [0.25, 0.3) is 0 Å². The zero-order chi connectivity index (χ0) is 12.5. The van der Waals surface area contributed by atoms with Gasteiger partial charge in [0.2, 0.25) is 0 Å². The van der Waals surface area contributed by atoms with E-state index >= 15 is 0 Å². The second-order valence-electron chi connectivity index (χ2n) is 4.65. The summed E-state index contributed by atoms with van der Waals surface area (Å²) in [5.41, 5.74) is 3.64. The van der Waals surface area contributed by atoms with E-state index in [-0.39, 0.29) is 0 Å². The molecule has 0 aliphatic carbocycles. The molecule has 0 aromatic carbocycles. The summed E-state index contributed by atoms with van der Waals surface area (Å²) >= 11 is 7.79. The van der Waals surface area contributed by atoms with Crippen molar-refractivity contribution in [3.05, 3.63) is 45.3 Å². The van der Waals surface area contributed by atoms with Crippen LogP contribution >= 0.6 is 22.9 Å². The average molecular weight is 279 g/mol. The van der Waals surface area contributed by atoms with Crippen LogP contribution in [-0.2, 0) is 18.8 Å². The molecule has 2 aromatic rings. The number of aromatic nitrogens is 1. The number of thiophene rings is 1. The van der Waals surface area contributed by atoms with Crippen molar-refractivity contribution in [2.75, 3.05) is 11.4 Å². The van der Waals surface area contributed by atoms with Crippen molar-refractivity contribution in [2.24, 2.45) is 0 Å². The third-order valence-electron chi connectivity index (χ3n) is 3.29. The van der Waals surface area contributed by atoms with Gasteiger partial charge in [-0.15, -0.1) is 22.9 Å². The van der Waals surface area contributed by atoms with Gasteiger partial charge < -0.3 is 4.90 Å². The van der Waals surface area contributed by atoms with Crippen LogP contribution in [0.1, 0.15) is 21.7 Å². The first-order chi connectivity index (χ1) is 8.76. The van der Waals surface area contributed by atoms with E-state index in [2.05, 4.69) is 33.5 Å². The van der Waals surface area contributed by atoms with Crippen LogP contribution in [0.4, 0.5) is 5.82 Å². The molecular formula is C14H15ClN2S. The normalized spacial score (nSPS) is 14.7. The Bertz CT molecular complexity index is 565. The number of alkyl halides is 1. The highest BCUT2D eigenvalue weighted by Crippen LogP contribution is 2.27. The van der Waals surface area contributed by atoms with Gasteiger partial charge in [0.25, 0.3) is 0 Å². The Morgan fingerprint density at radius 3 is 3.17 bits per heavy atom. The van der Waals surface area contributed by atoms with Crippen LogP contribution in [0.3, 0.4) is 0 Å². The molecule has 3 rings (SSSR count). The Morgan fingerprint density at radius 2 is 2.33 bits per heavy atom. The van der Waals surface area contributed by atoms with Crippen LogP contribution < -0.4 is 4.90 Å². The molecule has 0 bridgehead atoms. The van der Waals surface area contributed by atoms with E-state index < -0.39 is 0 Å². The molecule has 18 heavy (non-hydrogen) atoms. The molecule has 0 radical (unpaired) electrons. The number of fused-ring (bicyclic) bond motifs is 1. The lowest BCUT2D eigenvalue weighted by molar-refractivity contribution is 0.730. The first kappa shape index (κ1) is 12.0. The zero-order valence-electron chi connectivity index (χ0n) is 10.3. The average Bonchev–Trinajstić information content (AvgIpc) is 2.85. The first-order valence-corrected chi connectivity index (χ1v) is 7.51. The maximum absolute atomic E-state index is 5.93. The highest BCUT2D eigenvalue weighted by Gasteiger charge is 2.18. The van der Waals surface area contributed by atoms with Gasteiger partial charge in [0, 0.05) is 29.5 Å². The molecule has 1 aliphatic heterocycles. The maximum atomic E-state index is 5.93. The van der Waals surface area contributed by atoms with E-state index in [1.165, 1.54) is 10.4 Å². The fraction of sp³-hybridized carbons (Fsp3) is 0.357. The lowest BCUT2D eigenvalue weighted by Crippen LogP contribution is -2.30. The second kappa shape index (κ2) is 4.90. The molecule has 0 N–H and O–H groups in total. The van der Waals surface area contributed by atoms with Gasteiger partial charge in [0.15, 0.2) is 0 Å². The lowest BCUT2D eigenvalue weighted by Gasteiger charge is -2.28. The van der Waals surface area contributed by atoms with Gasteiger partial charge in [-0.25, -0.2) is 4.98 Å². The molecule has 0 amide bonds. The lowest BCUT2D eigenvalue weighted by atomic mass is 10.1. The van der Waals surface area contributed by atoms with Crippen molar-refractivity contribution in [3.8, 4) is 0 Å². The summed E-state index contributed by atoms with van der Waals surface area (Å²) in [4.78, 5) is 8.50. The maximum Gasteiger partial charge on any atom is 0.129 e. The predicted molar refractivity (Wildman–Crippen MR) is 77.6 cm³/mol. The van der Waals surface area contributed by atoms with Gasteiger partial charge in [-0.2, -0.15) is 0 Å². The Kier molecular flexibility index (Phi) is 3.27. The van der Waals surface area contributed by atoms with Crippen molar-refractivity contribution in [1.29, 1.82) is 0 Å². The topological polar surface area (TPSA) is 16.1 Å². The van der Waals surface area contributed by atoms with Crippen LogP contribution in [0.5, 0.6) is 0 Å². The van der Waals surface area contributed by atoms with Crippen molar-refractivity contribution in [3.63, 3.8) is 0 Å². The summed E-state index contributed by atoms with van der Waals surface area (Å²) in [5, 5.41) is 2.18. The van der Waals surface area contributed by atoms with Crippen molar-refractivity contribution >= 4 is 28.8 Å². The van der Waals surface area contributed by atoms with Crippen LogP contribution in [0, 0.1) is 6.92 Å². The molecule has 0 atom stereocenters. The Balaban J connectivity index is 1.90. The number of anilines is 1. The summed E-state index contributed by atoms with van der Waals surface area (Å²) in [6.07, 6.45) is 1.12. The molecule has 1 aliphatic rings. The van der Waals surface area contributed by atoms with Crippen molar-refractivity contribution in [2.45, 2.75) is 25.8 Å². The number of pyridine rings is 1. The fourth-order valence-corrected chi connectivity index (χ4v) is 3.45. The molecule has 3 heterocycles. The summed E-state index contributed by atoms with van der Waals surface area (Å²) in [6, 6.07) is 6.39. The number of rotatable bonds is 2. The fourth-order valence-electron chi connectivity index (χ4n) is 2.40. The molecular weight excluding hydrogens is 264 g/mol. The standard InChI is InChI=1S/C14H15ClN2S/c1-10-6-11(8-15)7-14(16-10)17-4-2-13-12(9-17)3-5-18-13/h3,5-7H,2,4,8-9H2,1H3. The number of aryl methyl sites for hydroxylation is 1. The summed E-state index contributed by atoms with van der Waals surface area (Å²) < 4.78 is 0. The van der Waals surface area contributed by atoms with Crippen molar-refractivity contribution in [1.82, 2.24) is 4.98 Å². The number of hydrogen-bond acceptors (Lipinski definition) is 3. The molecule has 2 aromatic heterocycles. The molecule has 2 nitrogen and oxygen atoms in total. The summed E-state index contributed by atoms with van der Waals surface area (Å²) in [5.74, 6) is 1.61. The molecule has 0 unspecified atom stereocenters. The van der Waals surface area contributed by atoms with Gasteiger partial charge in [-0.05, 0) is 48.1 Å². The van der Waals surface area contributed by atoms with Gasteiger partial charge >= 0.3 is 0 Å². The van der Waals surface area contributed by atoms with E-state index in [1.54, 1.807) is 0 Å². The molecule has 4 heteroatoms. The highest BCUT2D eigenvalue weighted by atomic mass is 35.5. The Hall–Kier alpha value is -1.06. The summed E-state index contributed by atoms with van der Waals surface area (Å²) in [7, 11) is 0. The van der Waals surface area contributed by atoms with Gasteiger partial charge in [-0.3, -0.25) is 0 Å². The molecule has 0 fully saturated rings.